The van der Waals surface area contributed by atoms with Crippen LogP contribution < -0.4 is 0 Å². The molecular formula is C21H23N5O4S. The van der Waals surface area contributed by atoms with E-state index in [0.29, 0.717) is 23.5 Å². The van der Waals surface area contributed by atoms with E-state index in [1.165, 1.54) is 20.2 Å². The number of nitrogens with zero attached hydrogens (tertiary/aromatic N) is 5. The zero-order chi connectivity index (χ0) is 22.3. The standard InChI is InChI=1S/C21H23N5O4S/c1-5-25-18-10-9-15(31(28,29)24(3)4)11-16(18)22-20(25)13-30-21(27)17-12-26-14(2)7-6-8-19(26)23-17/h6-12H,5,13H2,1-4H3. The van der Waals surface area contributed by atoms with Crippen LogP contribution in [0.1, 0.15) is 28.9 Å². The van der Waals surface area contributed by atoms with Crippen LogP contribution in [0, 0.1) is 6.92 Å². The third-order valence-corrected chi connectivity index (χ3v) is 6.94. The summed E-state index contributed by atoms with van der Waals surface area (Å²) in [4.78, 5) is 21.5. The summed E-state index contributed by atoms with van der Waals surface area (Å²) in [6.07, 6.45) is 1.65. The summed E-state index contributed by atoms with van der Waals surface area (Å²) < 4.78 is 35.2. The monoisotopic (exact) mass is 441 g/mol. The van der Waals surface area contributed by atoms with Gasteiger partial charge in [0.2, 0.25) is 10.0 Å². The molecule has 0 aliphatic rings. The lowest BCUT2D eigenvalue weighted by Gasteiger charge is -2.11. The van der Waals surface area contributed by atoms with Crippen molar-refractivity contribution in [3.63, 3.8) is 0 Å². The zero-order valence-corrected chi connectivity index (χ0v) is 18.5. The largest absolute Gasteiger partial charge is 0.453 e. The Morgan fingerprint density at radius 3 is 2.61 bits per heavy atom. The molecule has 0 unspecified atom stereocenters. The number of carbonyl (C=O) groups excluding carboxylic acids is 1. The van der Waals surface area contributed by atoms with Gasteiger partial charge < -0.3 is 13.7 Å². The Morgan fingerprint density at radius 2 is 1.94 bits per heavy atom. The smallest absolute Gasteiger partial charge is 0.359 e. The first-order chi connectivity index (χ1) is 14.7. The molecule has 0 radical (unpaired) electrons. The van der Waals surface area contributed by atoms with Crippen molar-refractivity contribution < 1.29 is 17.9 Å². The molecule has 9 nitrogen and oxygen atoms in total. The Hall–Kier alpha value is -3.24. The van der Waals surface area contributed by atoms with Crippen molar-refractivity contribution in [1.29, 1.82) is 0 Å². The lowest BCUT2D eigenvalue weighted by molar-refractivity contribution is 0.0452. The van der Waals surface area contributed by atoms with Gasteiger partial charge in [-0.2, -0.15) is 0 Å². The Bertz CT molecular complexity index is 1400. The summed E-state index contributed by atoms with van der Waals surface area (Å²) in [5.74, 6) is -0.0149. The molecule has 0 aliphatic carbocycles. The summed E-state index contributed by atoms with van der Waals surface area (Å²) >= 11 is 0. The highest BCUT2D eigenvalue weighted by Gasteiger charge is 2.20. The van der Waals surface area contributed by atoms with E-state index >= 15 is 0 Å². The van der Waals surface area contributed by atoms with Crippen LogP contribution >= 0.6 is 0 Å². The second-order valence-electron chi connectivity index (χ2n) is 7.31. The quantitative estimate of drug-likeness (QED) is 0.427. The molecule has 0 aliphatic heterocycles. The van der Waals surface area contributed by atoms with Crippen LogP contribution in [0.15, 0.2) is 47.5 Å². The molecule has 10 heteroatoms. The molecule has 4 rings (SSSR count). The van der Waals surface area contributed by atoms with E-state index in [2.05, 4.69) is 9.97 Å². The maximum Gasteiger partial charge on any atom is 0.359 e. The molecule has 0 N–H and O–H groups in total. The predicted molar refractivity (Wildman–Crippen MR) is 115 cm³/mol. The Morgan fingerprint density at radius 1 is 1.16 bits per heavy atom. The van der Waals surface area contributed by atoms with Gasteiger partial charge in [0.05, 0.1) is 15.9 Å². The lowest BCUT2D eigenvalue weighted by atomic mass is 10.3. The first kappa shape index (κ1) is 21.0. The number of hydrogen-bond donors (Lipinski definition) is 0. The highest BCUT2D eigenvalue weighted by molar-refractivity contribution is 7.89. The van der Waals surface area contributed by atoms with Crippen molar-refractivity contribution in [3.8, 4) is 0 Å². The second-order valence-corrected chi connectivity index (χ2v) is 9.46. The number of ether oxygens (including phenoxy) is 1. The molecule has 0 fully saturated rings. The maximum absolute atomic E-state index is 12.6. The van der Waals surface area contributed by atoms with Crippen molar-refractivity contribution in [1.82, 2.24) is 23.2 Å². The van der Waals surface area contributed by atoms with Crippen LogP contribution in [0.4, 0.5) is 0 Å². The first-order valence-electron chi connectivity index (χ1n) is 9.76. The van der Waals surface area contributed by atoms with Crippen LogP contribution in [0.25, 0.3) is 16.7 Å². The molecule has 0 bridgehead atoms. The van der Waals surface area contributed by atoms with Crippen LogP contribution in [-0.2, 0) is 27.9 Å². The van der Waals surface area contributed by atoms with Crippen molar-refractivity contribution in [2.45, 2.75) is 31.9 Å². The molecule has 3 heterocycles. The van der Waals surface area contributed by atoms with E-state index in [1.54, 1.807) is 18.3 Å². The molecule has 0 saturated heterocycles. The number of pyridine rings is 1. The van der Waals surface area contributed by atoms with Gasteiger partial charge in [0.15, 0.2) is 5.69 Å². The second kappa shape index (κ2) is 7.78. The van der Waals surface area contributed by atoms with Gasteiger partial charge in [-0.15, -0.1) is 0 Å². The van der Waals surface area contributed by atoms with Crippen LogP contribution in [-0.4, -0.2) is 51.7 Å². The first-order valence-corrected chi connectivity index (χ1v) is 11.2. The number of sulfonamides is 1. The van der Waals surface area contributed by atoms with Gasteiger partial charge >= 0.3 is 5.97 Å². The van der Waals surface area contributed by atoms with E-state index in [-0.39, 0.29) is 17.2 Å². The van der Waals surface area contributed by atoms with Crippen molar-refractivity contribution >= 4 is 32.7 Å². The number of imidazole rings is 2. The average Bonchev–Trinajstić information content (AvgIpc) is 3.33. The lowest BCUT2D eigenvalue weighted by Crippen LogP contribution is -2.22. The molecule has 1 aromatic carbocycles. The summed E-state index contributed by atoms with van der Waals surface area (Å²) in [5.41, 5.74) is 3.14. The van der Waals surface area contributed by atoms with Gasteiger partial charge in [0, 0.05) is 32.5 Å². The third-order valence-electron chi connectivity index (χ3n) is 5.13. The number of benzene rings is 1. The summed E-state index contributed by atoms with van der Waals surface area (Å²) in [5, 5.41) is 0. The number of rotatable bonds is 6. The SMILES string of the molecule is CCn1c(COC(=O)c2cn3c(C)cccc3n2)nc2cc(S(=O)(=O)N(C)C)ccc21. The van der Waals surface area contributed by atoms with Crippen LogP contribution in [0.3, 0.4) is 0 Å². The minimum Gasteiger partial charge on any atom is -0.453 e. The molecule has 4 aromatic rings. The minimum absolute atomic E-state index is 0.0516. The fourth-order valence-corrected chi connectivity index (χ4v) is 4.37. The van der Waals surface area contributed by atoms with Crippen LogP contribution in [0.5, 0.6) is 0 Å². The van der Waals surface area contributed by atoms with E-state index in [1.807, 2.05) is 41.0 Å². The molecule has 31 heavy (non-hydrogen) atoms. The molecule has 0 saturated carbocycles. The molecule has 0 amide bonds. The van der Waals surface area contributed by atoms with Gasteiger partial charge in [-0.1, -0.05) is 6.07 Å². The highest BCUT2D eigenvalue weighted by Crippen LogP contribution is 2.23. The van der Waals surface area contributed by atoms with Crippen molar-refractivity contribution in [3.05, 3.63) is 59.8 Å². The molecule has 0 atom stereocenters. The number of aromatic nitrogens is 4. The Kier molecular flexibility index (Phi) is 5.28. The minimum atomic E-state index is -3.57. The summed E-state index contributed by atoms with van der Waals surface area (Å²) in [7, 11) is -0.605. The Balaban J connectivity index is 1.61. The normalized spacial score (nSPS) is 12.2. The molecule has 0 spiro atoms. The van der Waals surface area contributed by atoms with E-state index in [9.17, 15) is 13.2 Å². The Labute approximate surface area is 179 Å². The average molecular weight is 442 g/mol. The fraction of sp³-hybridized carbons (Fsp3) is 0.286. The number of carbonyl (C=O) groups is 1. The van der Waals surface area contributed by atoms with Gasteiger partial charge in [-0.05, 0) is 44.2 Å². The van der Waals surface area contributed by atoms with Crippen molar-refractivity contribution in [2.75, 3.05) is 14.1 Å². The van der Waals surface area contributed by atoms with Crippen molar-refractivity contribution in [2.24, 2.45) is 0 Å². The maximum atomic E-state index is 12.6. The van der Waals surface area contributed by atoms with E-state index < -0.39 is 16.0 Å². The molecular weight excluding hydrogens is 418 g/mol. The summed E-state index contributed by atoms with van der Waals surface area (Å²) in [6.45, 7) is 4.42. The topological polar surface area (TPSA) is 98.8 Å². The number of fused-ring (bicyclic) bond motifs is 2. The summed E-state index contributed by atoms with van der Waals surface area (Å²) in [6, 6.07) is 10.4. The molecule has 3 aromatic heterocycles. The third kappa shape index (κ3) is 3.68. The van der Waals surface area contributed by atoms with Gasteiger partial charge in [-0.3, -0.25) is 0 Å². The highest BCUT2D eigenvalue weighted by atomic mass is 32.2. The predicted octanol–water partition coefficient (Wildman–Crippen LogP) is 2.62. The fourth-order valence-electron chi connectivity index (χ4n) is 3.44. The zero-order valence-electron chi connectivity index (χ0n) is 17.7. The number of esters is 1. The number of aryl methyl sites for hydroxylation is 2. The van der Waals surface area contributed by atoms with Crippen LogP contribution in [0.2, 0.25) is 0 Å². The van der Waals surface area contributed by atoms with E-state index in [4.69, 9.17) is 4.74 Å². The molecule has 162 valence electrons. The van der Waals surface area contributed by atoms with E-state index in [0.717, 1.165) is 15.5 Å². The van der Waals surface area contributed by atoms with Gasteiger partial charge in [0.1, 0.15) is 18.1 Å². The number of hydrogen-bond acceptors (Lipinski definition) is 6. The van der Waals surface area contributed by atoms with Gasteiger partial charge in [0.25, 0.3) is 0 Å². The van der Waals surface area contributed by atoms with Gasteiger partial charge in [-0.25, -0.2) is 27.5 Å².